The van der Waals surface area contributed by atoms with Gasteiger partial charge in [0.25, 0.3) is 0 Å². The number of nitrogens with one attached hydrogen (secondary N) is 2. The molecule has 2 aromatic carbocycles. The predicted molar refractivity (Wildman–Crippen MR) is 125 cm³/mol. The zero-order valence-corrected chi connectivity index (χ0v) is 18.7. The van der Waals surface area contributed by atoms with Crippen LogP contribution in [-0.4, -0.2) is 45.8 Å². The Bertz CT molecular complexity index is 1020. The summed E-state index contributed by atoms with van der Waals surface area (Å²) in [6, 6.07) is 18.5. The predicted octanol–water partition coefficient (Wildman–Crippen LogP) is 3.43. The number of hydrogen-bond acceptors (Lipinski definition) is 6. The number of amidine groups is 1. The van der Waals surface area contributed by atoms with E-state index in [1.807, 2.05) is 55.7 Å². The maximum atomic E-state index is 12.7. The van der Waals surface area contributed by atoms with Gasteiger partial charge in [0.15, 0.2) is 0 Å². The Morgan fingerprint density at radius 2 is 1.94 bits per heavy atom. The SMILES string of the molecule is CN(Cc1ccccc1)C(=O)CCC1=NNC2C3CC(c4ccc(Cl)cc4)NN3C=CN12. The first-order valence-corrected chi connectivity index (χ1v) is 11.3. The Morgan fingerprint density at radius 3 is 2.72 bits per heavy atom. The maximum absolute atomic E-state index is 12.7. The van der Waals surface area contributed by atoms with Crippen molar-refractivity contribution in [2.45, 2.75) is 44.1 Å². The van der Waals surface area contributed by atoms with Crippen LogP contribution >= 0.6 is 11.6 Å². The molecule has 0 aromatic heterocycles. The number of fused-ring (bicyclic) bond motifs is 3. The summed E-state index contributed by atoms with van der Waals surface area (Å²) in [5.41, 5.74) is 9.21. The molecule has 1 amide bonds. The van der Waals surface area contributed by atoms with Crippen LogP contribution in [0, 0.1) is 0 Å². The molecule has 1 fully saturated rings. The summed E-state index contributed by atoms with van der Waals surface area (Å²) in [6.07, 6.45) is 6.13. The third-order valence-corrected chi connectivity index (χ3v) is 6.59. The van der Waals surface area contributed by atoms with E-state index in [1.54, 1.807) is 4.90 Å². The number of hydrogen-bond donors (Lipinski definition) is 2. The number of hydrazone groups is 1. The molecule has 0 radical (unpaired) electrons. The number of benzene rings is 2. The molecule has 0 aliphatic carbocycles. The molecular weight excluding hydrogens is 424 g/mol. The van der Waals surface area contributed by atoms with E-state index in [4.69, 9.17) is 11.6 Å². The van der Waals surface area contributed by atoms with E-state index in [-0.39, 0.29) is 24.2 Å². The lowest BCUT2D eigenvalue weighted by atomic mass is 9.99. The maximum Gasteiger partial charge on any atom is 0.223 e. The molecule has 0 spiro atoms. The van der Waals surface area contributed by atoms with Crippen molar-refractivity contribution in [1.82, 2.24) is 25.7 Å². The zero-order chi connectivity index (χ0) is 22.1. The fourth-order valence-electron chi connectivity index (χ4n) is 4.58. The van der Waals surface area contributed by atoms with Crippen LogP contribution < -0.4 is 10.9 Å². The number of carbonyl (C=O) groups is 1. The summed E-state index contributed by atoms with van der Waals surface area (Å²) in [5, 5.41) is 7.47. The highest BCUT2D eigenvalue weighted by atomic mass is 35.5. The molecule has 0 bridgehead atoms. The van der Waals surface area contributed by atoms with Gasteiger partial charge in [-0.15, -0.1) is 0 Å². The van der Waals surface area contributed by atoms with Crippen LogP contribution in [0.1, 0.15) is 36.4 Å². The quantitative estimate of drug-likeness (QED) is 0.706. The largest absolute Gasteiger partial charge is 0.341 e. The van der Waals surface area contributed by atoms with Crippen molar-refractivity contribution in [3.63, 3.8) is 0 Å². The molecule has 166 valence electrons. The third-order valence-electron chi connectivity index (χ3n) is 6.34. The van der Waals surface area contributed by atoms with Gasteiger partial charge in [-0.3, -0.25) is 10.2 Å². The van der Waals surface area contributed by atoms with Gasteiger partial charge in [-0.05, 0) is 29.7 Å². The molecule has 0 saturated carbocycles. The van der Waals surface area contributed by atoms with E-state index in [9.17, 15) is 4.79 Å². The molecule has 3 atom stereocenters. The Labute approximate surface area is 193 Å². The van der Waals surface area contributed by atoms with Crippen LogP contribution in [0.5, 0.6) is 0 Å². The fourth-order valence-corrected chi connectivity index (χ4v) is 4.70. The molecule has 5 rings (SSSR count). The van der Waals surface area contributed by atoms with Crippen molar-refractivity contribution < 1.29 is 4.79 Å². The molecule has 3 aliphatic rings. The average Bonchev–Trinajstić information content (AvgIpc) is 3.42. The molecule has 3 heterocycles. The van der Waals surface area contributed by atoms with E-state index in [1.165, 1.54) is 5.56 Å². The zero-order valence-electron chi connectivity index (χ0n) is 18.0. The number of halogens is 1. The highest BCUT2D eigenvalue weighted by Gasteiger charge is 2.44. The Hall–Kier alpha value is -3.03. The fraction of sp³-hybridized carbons (Fsp3) is 0.333. The highest BCUT2D eigenvalue weighted by Crippen LogP contribution is 2.34. The summed E-state index contributed by atoms with van der Waals surface area (Å²) in [5.74, 6) is 1.02. The van der Waals surface area contributed by atoms with Crippen LogP contribution in [0.4, 0.5) is 0 Å². The van der Waals surface area contributed by atoms with Crippen molar-refractivity contribution in [3.05, 3.63) is 83.1 Å². The van der Waals surface area contributed by atoms with Gasteiger partial charge >= 0.3 is 0 Å². The van der Waals surface area contributed by atoms with E-state index < -0.39 is 0 Å². The number of carbonyl (C=O) groups excluding carboxylic acids is 1. The van der Waals surface area contributed by atoms with E-state index in [0.717, 1.165) is 22.8 Å². The second-order valence-corrected chi connectivity index (χ2v) is 8.92. The van der Waals surface area contributed by atoms with Crippen molar-refractivity contribution in [2.24, 2.45) is 5.10 Å². The van der Waals surface area contributed by atoms with Crippen molar-refractivity contribution in [3.8, 4) is 0 Å². The minimum absolute atomic E-state index is 0.0527. The van der Waals surface area contributed by atoms with Crippen LogP contribution in [-0.2, 0) is 11.3 Å². The summed E-state index contributed by atoms with van der Waals surface area (Å²) < 4.78 is 0. The molecular formula is C24H27ClN6O. The first-order valence-electron chi connectivity index (χ1n) is 10.9. The second-order valence-electron chi connectivity index (χ2n) is 8.49. The first kappa shape index (κ1) is 20.8. The Balaban J connectivity index is 1.17. The highest BCUT2D eigenvalue weighted by molar-refractivity contribution is 6.30. The minimum Gasteiger partial charge on any atom is -0.341 e. The van der Waals surface area contributed by atoms with Crippen LogP contribution in [0.2, 0.25) is 5.02 Å². The Kier molecular flexibility index (Phi) is 5.76. The summed E-state index contributed by atoms with van der Waals surface area (Å²) in [4.78, 5) is 16.6. The molecule has 1 saturated heterocycles. The molecule has 32 heavy (non-hydrogen) atoms. The lowest BCUT2D eigenvalue weighted by Gasteiger charge is -2.37. The van der Waals surface area contributed by atoms with Crippen molar-refractivity contribution >= 4 is 23.3 Å². The molecule has 2 N–H and O–H groups in total. The van der Waals surface area contributed by atoms with Crippen LogP contribution in [0.15, 0.2) is 72.1 Å². The molecule has 3 aliphatic heterocycles. The molecule has 2 aromatic rings. The minimum atomic E-state index is 0.0527. The van der Waals surface area contributed by atoms with Gasteiger partial charge in [0.1, 0.15) is 12.0 Å². The monoisotopic (exact) mass is 450 g/mol. The van der Waals surface area contributed by atoms with E-state index in [2.05, 4.69) is 44.2 Å². The number of rotatable bonds is 6. The van der Waals surface area contributed by atoms with E-state index in [0.29, 0.717) is 19.4 Å². The molecule has 8 heteroatoms. The van der Waals surface area contributed by atoms with Gasteiger partial charge in [-0.1, -0.05) is 54.1 Å². The van der Waals surface area contributed by atoms with Gasteiger partial charge in [0.05, 0.1) is 12.1 Å². The summed E-state index contributed by atoms with van der Waals surface area (Å²) >= 11 is 6.04. The standard InChI is InChI=1S/C24H27ClN6O/c1-29(16-17-5-3-2-4-6-17)23(32)12-11-22-26-27-24-21-15-20(18-7-9-19(25)10-8-18)28-31(21)14-13-30(22)24/h2-10,13-14,20-21,24,27-28H,11-12,15-16H2,1H3. The van der Waals surface area contributed by atoms with Gasteiger partial charge in [-0.2, -0.15) is 5.10 Å². The van der Waals surface area contributed by atoms with Crippen molar-refractivity contribution in [2.75, 3.05) is 7.05 Å². The van der Waals surface area contributed by atoms with Gasteiger partial charge in [-0.25, -0.2) is 5.43 Å². The normalized spacial score (nSPS) is 23.4. The first-order chi connectivity index (χ1) is 15.6. The van der Waals surface area contributed by atoms with Gasteiger partial charge in [0, 0.05) is 43.9 Å². The summed E-state index contributed by atoms with van der Waals surface area (Å²) in [7, 11) is 1.85. The number of nitrogens with zero attached hydrogens (tertiary/aromatic N) is 4. The smallest absolute Gasteiger partial charge is 0.223 e. The third kappa shape index (κ3) is 4.18. The summed E-state index contributed by atoms with van der Waals surface area (Å²) in [6.45, 7) is 0.616. The second kappa shape index (κ2) is 8.84. The topological polar surface area (TPSA) is 63.2 Å². The average molecular weight is 451 g/mol. The molecule has 3 unspecified atom stereocenters. The van der Waals surface area contributed by atoms with Gasteiger partial charge in [0.2, 0.25) is 5.91 Å². The Morgan fingerprint density at radius 1 is 1.16 bits per heavy atom. The van der Waals surface area contributed by atoms with Crippen molar-refractivity contribution in [1.29, 1.82) is 0 Å². The van der Waals surface area contributed by atoms with E-state index >= 15 is 0 Å². The molecule has 7 nitrogen and oxygen atoms in total. The lowest BCUT2D eigenvalue weighted by Crippen LogP contribution is -2.54. The van der Waals surface area contributed by atoms with Crippen LogP contribution in [0.25, 0.3) is 0 Å². The number of hydrazine groups is 1. The van der Waals surface area contributed by atoms with Crippen LogP contribution in [0.3, 0.4) is 0 Å². The lowest BCUT2D eigenvalue weighted by molar-refractivity contribution is -0.130. The van der Waals surface area contributed by atoms with Gasteiger partial charge < -0.3 is 14.8 Å². The number of amides is 1.